The molecule has 7 nitrogen and oxygen atoms in total. The molecule has 2 fully saturated rings. The van der Waals surface area contributed by atoms with E-state index in [0.717, 1.165) is 18.7 Å². The number of hydrogen-bond donors (Lipinski definition) is 3. The van der Waals surface area contributed by atoms with Gasteiger partial charge in [-0.15, -0.1) is 0 Å². The fraction of sp³-hybridized carbons (Fsp3) is 0.435. The molecule has 1 saturated heterocycles. The van der Waals surface area contributed by atoms with Crippen LogP contribution in [0, 0.1) is 5.92 Å². The molecular formula is C23H29ClN4O3S. The summed E-state index contributed by atoms with van der Waals surface area (Å²) in [6.07, 6.45) is 2.59. The van der Waals surface area contributed by atoms with E-state index in [9.17, 15) is 13.2 Å². The van der Waals surface area contributed by atoms with Crippen molar-refractivity contribution in [1.29, 1.82) is 0 Å². The van der Waals surface area contributed by atoms with Crippen LogP contribution in [0.2, 0.25) is 5.02 Å². The van der Waals surface area contributed by atoms with Gasteiger partial charge in [0.15, 0.2) is 0 Å². The molecule has 0 bridgehead atoms. The molecular weight excluding hydrogens is 448 g/mol. The molecule has 0 unspecified atom stereocenters. The molecule has 2 aromatic carbocycles. The van der Waals surface area contributed by atoms with Crippen LogP contribution in [0.25, 0.3) is 0 Å². The van der Waals surface area contributed by atoms with Crippen molar-refractivity contribution in [3.63, 3.8) is 0 Å². The van der Waals surface area contributed by atoms with Crippen LogP contribution in [0.5, 0.6) is 0 Å². The molecule has 1 atom stereocenters. The fourth-order valence-electron chi connectivity index (χ4n) is 4.61. The van der Waals surface area contributed by atoms with E-state index in [-0.39, 0.29) is 34.5 Å². The predicted octanol–water partition coefficient (Wildman–Crippen LogP) is 2.93. The van der Waals surface area contributed by atoms with Crippen LogP contribution in [0.3, 0.4) is 0 Å². The van der Waals surface area contributed by atoms with Crippen molar-refractivity contribution >= 4 is 33.2 Å². The van der Waals surface area contributed by atoms with Crippen molar-refractivity contribution in [2.75, 3.05) is 25.4 Å². The summed E-state index contributed by atoms with van der Waals surface area (Å²) in [5.74, 6) is 0.0957. The Morgan fingerprint density at radius 2 is 1.81 bits per heavy atom. The number of nitrogens with one attached hydrogen (secondary N) is 2. The maximum absolute atomic E-state index is 13.4. The Morgan fingerprint density at radius 1 is 1.09 bits per heavy atom. The van der Waals surface area contributed by atoms with Gasteiger partial charge < -0.3 is 16.0 Å². The summed E-state index contributed by atoms with van der Waals surface area (Å²) in [5.41, 5.74) is 7.12. The van der Waals surface area contributed by atoms with Gasteiger partial charge in [0.05, 0.1) is 21.6 Å². The van der Waals surface area contributed by atoms with E-state index < -0.39 is 10.0 Å². The third kappa shape index (κ3) is 5.09. The highest BCUT2D eigenvalue weighted by Gasteiger charge is 2.35. The molecule has 1 heterocycles. The maximum atomic E-state index is 13.4. The summed E-state index contributed by atoms with van der Waals surface area (Å²) in [4.78, 5) is 15.5. The van der Waals surface area contributed by atoms with Crippen LogP contribution in [0.1, 0.15) is 37.3 Å². The summed E-state index contributed by atoms with van der Waals surface area (Å²) in [6.45, 7) is 2.21. The first-order valence-electron chi connectivity index (χ1n) is 11.0. The SMILES string of the molecule is Nc1cc(S(=O)(=O)NC2CCC(C(=O)N3CCNC[C@@H]3c3ccccc3)CC2)ccc1Cl. The molecule has 9 heteroatoms. The van der Waals surface area contributed by atoms with Gasteiger partial charge in [-0.25, -0.2) is 13.1 Å². The Labute approximate surface area is 194 Å². The molecule has 2 aromatic rings. The number of carbonyl (C=O) groups excluding carboxylic acids is 1. The van der Waals surface area contributed by atoms with Gasteiger partial charge in [0.25, 0.3) is 0 Å². The quantitative estimate of drug-likeness (QED) is 0.575. The normalized spacial score (nSPS) is 24.3. The average molecular weight is 477 g/mol. The highest BCUT2D eigenvalue weighted by molar-refractivity contribution is 7.89. The third-order valence-electron chi connectivity index (χ3n) is 6.39. The number of piperazine rings is 1. The number of benzene rings is 2. The Kier molecular flexibility index (Phi) is 7.05. The lowest BCUT2D eigenvalue weighted by Crippen LogP contribution is -2.51. The Morgan fingerprint density at radius 3 is 2.50 bits per heavy atom. The third-order valence-corrected chi connectivity index (χ3v) is 8.25. The molecule has 0 spiro atoms. The van der Waals surface area contributed by atoms with Crippen LogP contribution in [0.4, 0.5) is 5.69 Å². The van der Waals surface area contributed by atoms with Gasteiger partial charge in [0, 0.05) is 31.6 Å². The van der Waals surface area contributed by atoms with Crippen LogP contribution >= 0.6 is 11.6 Å². The number of halogens is 1. The van der Waals surface area contributed by atoms with Crippen LogP contribution in [-0.4, -0.2) is 44.9 Å². The molecule has 0 aromatic heterocycles. The van der Waals surface area contributed by atoms with Crippen molar-refractivity contribution in [3.05, 3.63) is 59.1 Å². The number of nitrogens with two attached hydrogens (primary N) is 1. The summed E-state index contributed by atoms with van der Waals surface area (Å²) in [5, 5.41) is 3.71. The van der Waals surface area contributed by atoms with Gasteiger partial charge in [-0.1, -0.05) is 41.9 Å². The van der Waals surface area contributed by atoms with Crippen molar-refractivity contribution in [2.24, 2.45) is 5.92 Å². The first-order chi connectivity index (χ1) is 15.3. The van der Waals surface area contributed by atoms with Crippen molar-refractivity contribution in [2.45, 2.75) is 42.7 Å². The van der Waals surface area contributed by atoms with E-state index in [1.807, 2.05) is 23.1 Å². The van der Waals surface area contributed by atoms with Gasteiger partial charge in [-0.2, -0.15) is 0 Å². The monoisotopic (exact) mass is 476 g/mol. The van der Waals surface area contributed by atoms with Gasteiger partial charge in [-0.05, 0) is 49.4 Å². The Hall–Kier alpha value is -2.13. The summed E-state index contributed by atoms with van der Waals surface area (Å²) < 4.78 is 28.2. The lowest BCUT2D eigenvalue weighted by molar-refractivity contribution is -0.140. The van der Waals surface area contributed by atoms with Crippen molar-refractivity contribution in [3.8, 4) is 0 Å². The molecule has 1 aliphatic heterocycles. The highest BCUT2D eigenvalue weighted by Crippen LogP contribution is 2.31. The molecule has 1 amide bonds. The zero-order valence-electron chi connectivity index (χ0n) is 17.8. The van der Waals surface area contributed by atoms with Gasteiger partial charge in [0.1, 0.15) is 0 Å². The van der Waals surface area contributed by atoms with Gasteiger partial charge in [-0.3, -0.25) is 4.79 Å². The van der Waals surface area contributed by atoms with E-state index in [1.54, 1.807) is 0 Å². The molecule has 4 N–H and O–H groups in total. The summed E-state index contributed by atoms with van der Waals surface area (Å²) in [6, 6.07) is 14.2. The number of carbonyl (C=O) groups is 1. The minimum absolute atomic E-state index is 0.0315. The average Bonchev–Trinajstić information content (AvgIpc) is 2.81. The summed E-state index contributed by atoms with van der Waals surface area (Å²) in [7, 11) is -3.69. The molecule has 0 radical (unpaired) electrons. The molecule has 1 saturated carbocycles. The fourth-order valence-corrected chi connectivity index (χ4v) is 6.07. The standard InChI is InChI=1S/C23H29ClN4O3S/c24-20-11-10-19(14-21(20)25)32(30,31)27-18-8-6-17(7-9-18)23(29)28-13-12-26-15-22(28)16-4-2-1-3-5-16/h1-5,10-11,14,17-18,22,26-27H,6-9,12-13,15,25H2/t17?,18?,22-/m1/s1. The number of nitrogen functional groups attached to an aromatic ring is 1. The second-order valence-corrected chi connectivity index (χ2v) is 10.6. The Bertz CT molecular complexity index is 1060. The second kappa shape index (κ2) is 9.79. The maximum Gasteiger partial charge on any atom is 0.240 e. The van der Waals surface area contributed by atoms with E-state index in [2.05, 4.69) is 22.2 Å². The van der Waals surface area contributed by atoms with Crippen LogP contribution in [0.15, 0.2) is 53.4 Å². The number of anilines is 1. The molecule has 172 valence electrons. The van der Waals surface area contributed by atoms with Crippen molar-refractivity contribution < 1.29 is 13.2 Å². The lowest BCUT2D eigenvalue weighted by atomic mass is 9.85. The highest BCUT2D eigenvalue weighted by atomic mass is 35.5. The first kappa shape index (κ1) is 23.0. The number of sulfonamides is 1. The van der Waals surface area contributed by atoms with Crippen LogP contribution < -0.4 is 15.8 Å². The number of rotatable bonds is 5. The Balaban J connectivity index is 1.37. The zero-order chi connectivity index (χ0) is 22.7. The lowest BCUT2D eigenvalue weighted by Gasteiger charge is -2.40. The minimum atomic E-state index is -3.69. The smallest absolute Gasteiger partial charge is 0.240 e. The van der Waals surface area contributed by atoms with E-state index >= 15 is 0 Å². The molecule has 4 rings (SSSR count). The minimum Gasteiger partial charge on any atom is -0.397 e. The molecule has 2 aliphatic rings. The van der Waals surface area contributed by atoms with E-state index in [4.69, 9.17) is 17.3 Å². The first-order valence-corrected chi connectivity index (χ1v) is 12.8. The number of amides is 1. The van der Waals surface area contributed by atoms with Crippen molar-refractivity contribution in [1.82, 2.24) is 14.9 Å². The zero-order valence-corrected chi connectivity index (χ0v) is 19.4. The molecule has 1 aliphatic carbocycles. The number of nitrogens with zero attached hydrogens (tertiary/aromatic N) is 1. The van der Waals surface area contributed by atoms with E-state index in [0.29, 0.717) is 37.3 Å². The second-order valence-electron chi connectivity index (χ2n) is 8.52. The number of hydrogen-bond acceptors (Lipinski definition) is 5. The van der Waals surface area contributed by atoms with Crippen LogP contribution in [-0.2, 0) is 14.8 Å². The molecule has 32 heavy (non-hydrogen) atoms. The summed E-state index contributed by atoms with van der Waals surface area (Å²) >= 11 is 5.90. The largest absolute Gasteiger partial charge is 0.397 e. The van der Waals surface area contributed by atoms with Gasteiger partial charge in [0.2, 0.25) is 15.9 Å². The van der Waals surface area contributed by atoms with Gasteiger partial charge >= 0.3 is 0 Å². The topological polar surface area (TPSA) is 105 Å². The van der Waals surface area contributed by atoms with E-state index in [1.165, 1.54) is 18.2 Å². The predicted molar refractivity (Wildman–Crippen MR) is 126 cm³/mol.